The average molecular weight is 313 g/mol. The largest absolute Gasteiger partial charge is 0.380 e. The van der Waals surface area contributed by atoms with E-state index >= 15 is 0 Å². The van der Waals surface area contributed by atoms with Gasteiger partial charge in [0, 0.05) is 6.54 Å². The quantitative estimate of drug-likeness (QED) is 0.323. The van der Waals surface area contributed by atoms with E-state index in [0.717, 1.165) is 25.0 Å². The Balaban J connectivity index is 2.52. The molecule has 0 amide bonds. The summed E-state index contributed by atoms with van der Waals surface area (Å²) in [7, 11) is 0. The molecule has 0 atom stereocenters. The maximum Gasteiger partial charge on any atom is 0.200 e. The summed E-state index contributed by atoms with van der Waals surface area (Å²) in [6.07, 6.45) is 5.46. The molecule has 0 spiro atoms. The lowest BCUT2D eigenvalue weighted by atomic mass is 10.2. The van der Waals surface area contributed by atoms with Gasteiger partial charge in [-0.05, 0) is 24.9 Å². The van der Waals surface area contributed by atoms with E-state index in [1.165, 1.54) is 0 Å². The number of thioether (sulfide) groups is 1. The van der Waals surface area contributed by atoms with Gasteiger partial charge in [0.1, 0.15) is 5.69 Å². The van der Waals surface area contributed by atoms with Crippen molar-refractivity contribution in [2.45, 2.75) is 25.7 Å². The number of unbranched alkanes of at least 4 members (excludes halogenated alkanes) is 3. The molecule has 0 heterocycles. The molecule has 7 heteroatoms. The first-order valence-electron chi connectivity index (χ1n) is 6.25. The summed E-state index contributed by atoms with van der Waals surface area (Å²) in [6, 6.07) is 0. The van der Waals surface area contributed by atoms with E-state index in [-0.39, 0.29) is 6.54 Å². The number of benzene rings is 1. The molecule has 0 bridgehead atoms. The van der Waals surface area contributed by atoms with Gasteiger partial charge < -0.3 is 5.32 Å². The second-order valence-electron chi connectivity index (χ2n) is 4.28. The van der Waals surface area contributed by atoms with Crippen LogP contribution in [0.25, 0.3) is 0 Å². The third kappa shape index (κ3) is 4.26. The second-order valence-corrected chi connectivity index (χ2v) is 5.26. The molecule has 1 rings (SSSR count). The van der Waals surface area contributed by atoms with Gasteiger partial charge in [-0.3, -0.25) is 0 Å². The van der Waals surface area contributed by atoms with Crippen molar-refractivity contribution in [3.8, 4) is 0 Å². The van der Waals surface area contributed by atoms with Crippen molar-refractivity contribution in [2.75, 3.05) is 23.9 Å². The normalized spacial score (nSPS) is 10.9. The van der Waals surface area contributed by atoms with E-state index in [0.29, 0.717) is 6.42 Å². The molecule has 0 aliphatic rings. The third-order valence-electron chi connectivity index (χ3n) is 2.79. The van der Waals surface area contributed by atoms with E-state index in [1.807, 2.05) is 6.26 Å². The molecule has 0 aliphatic heterocycles. The van der Waals surface area contributed by atoms with Crippen LogP contribution in [0.15, 0.2) is 0 Å². The minimum atomic E-state index is -2.14. The smallest absolute Gasteiger partial charge is 0.200 e. The minimum Gasteiger partial charge on any atom is -0.380 e. The van der Waals surface area contributed by atoms with Crippen molar-refractivity contribution in [3.05, 3.63) is 29.1 Å². The number of hydrogen-bond acceptors (Lipinski definition) is 2. The highest BCUT2D eigenvalue weighted by Crippen LogP contribution is 2.27. The van der Waals surface area contributed by atoms with Crippen molar-refractivity contribution in [3.63, 3.8) is 0 Å². The van der Waals surface area contributed by atoms with Crippen LogP contribution in [0.3, 0.4) is 0 Å². The van der Waals surface area contributed by atoms with E-state index in [1.54, 1.807) is 11.8 Å². The summed E-state index contributed by atoms with van der Waals surface area (Å²) in [5, 5.41) is 2.28. The first-order valence-corrected chi connectivity index (χ1v) is 7.64. The Hall–Kier alpha value is -0.980. The highest BCUT2D eigenvalue weighted by molar-refractivity contribution is 7.98. The first kappa shape index (κ1) is 17.1. The predicted octanol–water partition coefficient (Wildman–Crippen LogP) is 4.72. The number of nitrogens with one attached hydrogen (secondary N) is 1. The topological polar surface area (TPSA) is 12.0 Å². The number of halogens is 5. The molecule has 1 aromatic rings. The van der Waals surface area contributed by atoms with Crippen molar-refractivity contribution in [1.29, 1.82) is 0 Å². The summed E-state index contributed by atoms with van der Waals surface area (Å²) in [5.41, 5.74) is -0.953. The Bertz CT molecular complexity index is 424. The highest BCUT2D eigenvalue weighted by Gasteiger charge is 2.25. The van der Waals surface area contributed by atoms with Crippen molar-refractivity contribution < 1.29 is 22.0 Å². The maximum absolute atomic E-state index is 13.3. The lowest BCUT2D eigenvalue weighted by Crippen LogP contribution is -2.11. The van der Waals surface area contributed by atoms with Gasteiger partial charge in [0.2, 0.25) is 5.82 Å². The molecule has 20 heavy (non-hydrogen) atoms. The summed E-state index contributed by atoms with van der Waals surface area (Å²) in [6.45, 7) is 0.164. The summed E-state index contributed by atoms with van der Waals surface area (Å²) in [4.78, 5) is 0. The van der Waals surface area contributed by atoms with E-state index in [9.17, 15) is 22.0 Å². The van der Waals surface area contributed by atoms with Crippen LogP contribution < -0.4 is 5.32 Å². The Morgan fingerprint density at radius 1 is 0.750 bits per heavy atom. The Morgan fingerprint density at radius 2 is 1.25 bits per heavy atom. The van der Waals surface area contributed by atoms with Gasteiger partial charge in [0.25, 0.3) is 0 Å². The molecular weight excluding hydrogens is 297 g/mol. The average Bonchev–Trinajstić information content (AvgIpc) is 2.45. The number of anilines is 1. The minimum absolute atomic E-state index is 0.164. The Labute approximate surface area is 118 Å². The standard InChI is InChI=1S/C13H16F5NS/c1-20-7-5-3-2-4-6-19-13-11(17)9(15)8(14)10(16)12(13)18/h19H,2-7H2,1H3. The number of rotatable bonds is 8. The predicted molar refractivity (Wildman–Crippen MR) is 71.6 cm³/mol. The molecule has 0 saturated heterocycles. The summed E-state index contributed by atoms with van der Waals surface area (Å²) < 4.78 is 65.2. The number of hydrogen-bond donors (Lipinski definition) is 1. The highest BCUT2D eigenvalue weighted by atomic mass is 32.2. The van der Waals surface area contributed by atoms with Crippen LogP contribution in [0.1, 0.15) is 25.7 Å². The zero-order valence-corrected chi connectivity index (χ0v) is 11.9. The fourth-order valence-corrected chi connectivity index (χ4v) is 2.19. The van der Waals surface area contributed by atoms with Crippen LogP contribution in [0.4, 0.5) is 27.6 Å². The molecule has 1 N–H and O–H groups in total. The van der Waals surface area contributed by atoms with Crippen LogP contribution in [0.5, 0.6) is 0 Å². The molecule has 114 valence electrons. The van der Waals surface area contributed by atoms with Gasteiger partial charge in [-0.15, -0.1) is 0 Å². The fourth-order valence-electron chi connectivity index (χ4n) is 1.70. The van der Waals surface area contributed by atoms with Gasteiger partial charge in [0.05, 0.1) is 0 Å². The molecule has 1 aromatic carbocycles. The van der Waals surface area contributed by atoms with E-state index < -0.39 is 34.8 Å². The zero-order chi connectivity index (χ0) is 15.1. The van der Waals surface area contributed by atoms with Crippen molar-refractivity contribution >= 4 is 17.4 Å². The monoisotopic (exact) mass is 313 g/mol. The van der Waals surface area contributed by atoms with Crippen molar-refractivity contribution in [1.82, 2.24) is 0 Å². The molecule has 0 fully saturated rings. The van der Waals surface area contributed by atoms with E-state index in [2.05, 4.69) is 5.32 Å². The molecule has 0 aromatic heterocycles. The van der Waals surface area contributed by atoms with Crippen LogP contribution in [-0.4, -0.2) is 18.6 Å². The van der Waals surface area contributed by atoms with Gasteiger partial charge in [-0.25, -0.2) is 22.0 Å². The lowest BCUT2D eigenvalue weighted by molar-refractivity contribution is 0.381. The maximum atomic E-state index is 13.3. The Morgan fingerprint density at radius 3 is 1.80 bits per heavy atom. The van der Waals surface area contributed by atoms with Crippen molar-refractivity contribution in [2.24, 2.45) is 0 Å². The fraction of sp³-hybridized carbons (Fsp3) is 0.538. The van der Waals surface area contributed by atoms with Crippen LogP contribution in [0, 0.1) is 29.1 Å². The lowest BCUT2D eigenvalue weighted by Gasteiger charge is -2.10. The van der Waals surface area contributed by atoms with Crippen LogP contribution in [0.2, 0.25) is 0 Å². The van der Waals surface area contributed by atoms with Gasteiger partial charge >= 0.3 is 0 Å². The second kappa shape index (κ2) is 8.34. The first-order chi connectivity index (χ1) is 9.50. The van der Waals surface area contributed by atoms with Crippen LogP contribution >= 0.6 is 11.8 Å². The molecule has 0 saturated carbocycles. The summed E-state index contributed by atoms with van der Waals surface area (Å²) in [5.74, 6) is -8.57. The zero-order valence-electron chi connectivity index (χ0n) is 11.0. The van der Waals surface area contributed by atoms with Crippen LogP contribution in [-0.2, 0) is 0 Å². The third-order valence-corrected chi connectivity index (χ3v) is 3.48. The molecule has 0 unspecified atom stereocenters. The van der Waals surface area contributed by atoms with Gasteiger partial charge in [-0.2, -0.15) is 11.8 Å². The Kier molecular flexibility index (Phi) is 7.12. The molecule has 0 radical (unpaired) electrons. The SMILES string of the molecule is CSCCCCCCNc1c(F)c(F)c(F)c(F)c1F. The summed E-state index contributed by atoms with van der Waals surface area (Å²) >= 11 is 1.74. The van der Waals surface area contributed by atoms with Gasteiger partial charge in [-0.1, -0.05) is 12.8 Å². The molecule has 1 nitrogen and oxygen atoms in total. The molecular formula is C13H16F5NS. The molecule has 0 aliphatic carbocycles. The van der Waals surface area contributed by atoms with E-state index in [4.69, 9.17) is 0 Å². The van der Waals surface area contributed by atoms with Gasteiger partial charge in [0.15, 0.2) is 23.3 Å².